The third kappa shape index (κ3) is 2.91. The van der Waals surface area contributed by atoms with Gasteiger partial charge in [-0.2, -0.15) is 10.2 Å². The van der Waals surface area contributed by atoms with Gasteiger partial charge in [0.25, 0.3) is 0 Å². The highest BCUT2D eigenvalue weighted by Crippen LogP contribution is 2.19. The summed E-state index contributed by atoms with van der Waals surface area (Å²) in [5.74, 6) is 1.31. The minimum absolute atomic E-state index is 0.536. The van der Waals surface area contributed by atoms with Gasteiger partial charge in [-0.25, -0.2) is 9.97 Å². The van der Waals surface area contributed by atoms with Crippen molar-refractivity contribution in [2.24, 2.45) is 0 Å². The van der Waals surface area contributed by atoms with Crippen molar-refractivity contribution in [3.05, 3.63) is 35.9 Å². The molecule has 2 rings (SSSR count). The van der Waals surface area contributed by atoms with E-state index in [9.17, 15) is 0 Å². The van der Waals surface area contributed by atoms with Crippen molar-refractivity contribution in [2.75, 3.05) is 11.1 Å². The van der Waals surface area contributed by atoms with Crippen LogP contribution in [-0.4, -0.2) is 20.2 Å². The fraction of sp³-hybridized carbons (Fsp3) is 0.333. The lowest BCUT2D eigenvalue weighted by Gasteiger charge is -2.11. The van der Waals surface area contributed by atoms with Gasteiger partial charge in [0.2, 0.25) is 0 Å². The van der Waals surface area contributed by atoms with Crippen molar-refractivity contribution in [1.82, 2.24) is 20.2 Å². The van der Waals surface area contributed by atoms with Crippen LogP contribution in [0.2, 0.25) is 0 Å². The van der Waals surface area contributed by atoms with Crippen LogP contribution < -0.4 is 11.1 Å². The number of hydrogen-bond acceptors (Lipinski definition) is 6. The maximum absolute atomic E-state index is 5.86. The SMILES string of the molecule is CCCc1c(N)ncnc1NCc1cccnn1. The lowest BCUT2D eigenvalue weighted by Crippen LogP contribution is -2.09. The Bertz CT molecular complexity index is 499. The summed E-state index contributed by atoms with van der Waals surface area (Å²) in [5.41, 5.74) is 7.68. The summed E-state index contributed by atoms with van der Waals surface area (Å²) in [6.07, 6.45) is 4.97. The fourth-order valence-electron chi connectivity index (χ4n) is 1.68. The molecule has 6 heteroatoms. The van der Waals surface area contributed by atoms with Crippen molar-refractivity contribution in [1.29, 1.82) is 0 Å². The summed E-state index contributed by atoms with van der Waals surface area (Å²) in [6, 6.07) is 3.76. The van der Waals surface area contributed by atoms with E-state index >= 15 is 0 Å². The molecule has 0 saturated carbocycles. The van der Waals surface area contributed by atoms with Crippen LogP contribution in [0.4, 0.5) is 11.6 Å². The number of nitrogen functional groups attached to an aromatic ring is 1. The largest absolute Gasteiger partial charge is 0.383 e. The van der Waals surface area contributed by atoms with E-state index in [2.05, 4.69) is 32.4 Å². The first-order valence-corrected chi connectivity index (χ1v) is 5.91. The molecule has 2 aromatic rings. The Hall–Kier alpha value is -2.24. The van der Waals surface area contributed by atoms with E-state index in [1.807, 2.05) is 12.1 Å². The highest BCUT2D eigenvalue weighted by atomic mass is 15.1. The normalized spacial score (nSPS) is 10.3. The Labute approximate surface area is 106 Å². The maximum atomic E-state index is 5.86. The number of hydrogen-bond donors (Lipinski definition) is 2. The van der Waals surface area contributed by atoms with Gasteiger partial charge < -0.3 is 11.1 Å². The summed E-state index contributed by atoms with van der Waals surface area (Å²) in [6.45, 7) is 2.67. The molecule has 0 aliphatic rings. The molecule has 94 valence electrons. The highest BCUT2D eigenvalue weighted by molar-refractivity contribution is 5.55. The quantitative estimate of drug-likeness (QED) is 0.826. The Morgan fingerprint density at radius 1 is 1.33 bits per heavy atom. The van der Waals surface area contributed by atoms with Crippen molar-refractivity contribution in [3.8, 4) is 0 Å². The van der Waals surface area contributed by atoms with Gasteiger partial charge >= 0.3 is 0 Å². The molecule has 2 aromatic heterocycles. The summed E-state index contributed by atoms with van der Waals surface area (Å²) >= 11 is 0. The third-order valence-electron chi connectivity index (χ3n) is 2.54. The van der Waals surface area contributed by atoms with Gasteiger partial charge in [-0.3, -0.25) is 0 Å². The number of nitrogens with one attached hydrogen (secondary N) is 1. The predicted molar refractivity (Wildman–Crippen MR) is 69.8 cm³/mol. The Morgan fingerprint density at radius 2 is 2.22 bits per heavy atom. The molecule has 3 N–H and O–H groups in total. The van der Waals surface area contributed by atoms with Crippen LogP contribution in [0.1, 0.15) is 24.6 Å². The van der Waals surface area contributed by atoms with Crippen molar-refractivity contribution in [2.45, 2.75) is 26.3 Å². The lowest BCUT2D eigenvalue weighted by molar-refractivity contribution is 0.887. The molecule has 0 fully saturated rings. The van der Waals surface area contributed by atoms with E-state index < -0.39 is 0 Å². The molecule has 0 saturated heterocycles. The van der Waals surface area contributed by atoms with E-state index in [1.54, 1.807) is 6.20 Å². The number of anilines is 2. The van der Waals surface area contributed by atoms with Crippen molar-refractivity contribution in [3.63, 3.8) is 0 Å². The second-order valence-electron chi connectivity index (χ2n) is 3.90. The van der Waals surface area contributed by atoms with E-state index in [0.717, 1.165) is 29.9 Å². The average molecular weight is 244 g/mol. The molecule has 0 radical (unpaired) electrons. The summed E-state index contributed by atoms with van der Waals surface area (Å²) in [5, 5.41) is 11.1. The van der Waals surface area contributed by atoms with Crippen LogP contribution in [0, 0.1) is 0 Å². The van der Waals surface area contributed by atoms with Gasteiger partial charge in [0.1, 0.15) is 18.0 Å². The van der Waals surface area contributed by atoms with E-state index in [-0.39, 0.29) is 0 Å². The molecule has 0 aliphatic carbocycles. The molecule has 0 atom stereocenters. The van der Waals surface area contributed by atoms with Gasteiger partial charge in [0, 0.05) is 11.8 Å². The first kappa shape index (κ1) is 12.2. The lowest BCUT2D eigenvalue weighted by atomic mass is 10.1. The van der Waals surface area contributed by atoms with Crippen LogP contribution in [0.15, 0.2) is 24.7 Å². The minimum atomic E-state index is 0.536. The molecular weight excluding hydrogens is 228 g/mol. The van der Waals surface area contributed by atoms with Crippen molar-refractivity contribution < 1.29 is 0 Å². The molecule has 0 aromatic carbocycles. The zero-order valence-electron chi connectivity index (χ0n) is 10.3. The topological polar surface area (TPSA) is 89.6 Å². The number of nitrogens with zero attached hydrogens (tertiary/aromatic N) is 4. The molecule has 0 unspecified atom stereocenters. The Kier molecular flexibility index (Phi) is 4.01. The van der Waals surface area contributed by atoms with E-state index in [0.29, 0.717) is 12.4 Å². The third-order valence-corrected chi connectivity index (χ3v) is 2.54. The summed E-state index contributed by atoms with van der Waals surface area (Å²) in [4.78, 5) is 8.23. The number of nitrogens with two attached hydrogens (primary N) is 1. The molecular formula is C12H16N6. The van der Waals surface area contributed by atoms with E-state index in [1.165, 1.54) is 6.33 Å². The molecule has 0 aliphatic heterocycles. The smallest absolute Gasteiger partial charge is 0.135 e. The standard InChI is InChI=1S/C12H16N6/c1-2-4-10-11(13)15-8-16-12(10)14-7-9-5-3-6-17-18-9/h3,5-6,8H,2,4,7H2,1H3,(H3,13,14,15,16). The zero-order valence-corrected chi connectivity index (χ0v) is 10.3. The van der Waals surface area contributed by atoms with Gasteiger partial charge in [0.05, 0.1) is 12.2 Å². The molecule has 6 nitrogen and oxygen atoms in total. The predicted octanol–water partition coefficient (Wildman–Crippen LogP) is 1.41. The fourth-order valence-corrected chi connectivity index (χ4v) is 1.68. The second kappa shape index (κ2) is 5.90. The summed E-state index contributed by atoms with van der Waals surface area (Å²) < 4.78 is 0. The molecule has 18 heavy (non-hydrogen) atoms. The first-order chi connectivity index (χ1) is 8.81. The Balaban J connectivity index is 2.11. The van der Waals surface area contributed by atoms with Crippen LogP contribution in [-0.2, 0) is 13.0 Å². The molecule has 0 bridgehead atoms. The maximum Gasteiger partial charge on any atom is 0.135 e. The van der Waals surface area contributed by atoms with Crippen molar-refractivity contribution >= 4 is 11.6 Å². The molecule has 0 spiro atoms. The van der Waals surface area contributed by atoms with Gasteiger partial charge in [0.15, 0.2) is 0 Å². The monoisotopic (exact) mass is 244 g/mol. The summed E-state index contributed by atoms with van der Waals surface area (Å²) in [7, 11) is 0. The number of aromatic nitrogens is 4. The van der Waals surface area contributed by atoms with Gasteiger partial charge in [-0.05, 0) is 18.6 Å². The molecule has 0 amide bonds. The second-order valence-corrected chi connectivity index (χ2v) is 3.90. The zero-order chi connectivity index (χ0) is 12.8. The average Bonchev–Trinajstić information content (AvgIpc) is 2.41. The minimum Gasteiger partial charge on any atom is -0.383 e. The molecule has 2 heterocycles. The van der Waals surface area contributed by atoms with Gasteiger partial charge in [-0.15, -0.1) is 0 Å². The van der Waals surface area contributed by atoms with Crippen LogP contribution >= 0.6 is 0 Å². The highest BCUT2D eigenvalue weighted by Gasteiger charge is 2.08. The van der Waals surface area contributed by atoms with E-state index in [4.69, 9.17) is 5.73 Å². The first-order valence-electron chi connectivity index (χ1n) is 5.91. The van der Waals surface area contributed by atoms with Crippen LogP contribution in [0.3, 0.4) is 0 Å². The van der Waals surface area contributed by atoms with Gasteiger partial charge in [-0.1, -0.05) is 13.3 Å². The number of rotatable bonds is 5. The van der Waals surface area contributed by atoms with Crippen LogP contribution in [0.5, 0.6) is 0 Å². The Morgan fingerprint density at radius 3 is 2.94 bits per heavy atom. The van der Waals surface area contributed by atoms with Crippen LogP contribution in [0.25, 0.3) is 0 Å².